The molecule has 1 unspecified atom stereocenters. The number of nitrogens with zero attached hydrogens (tertiary/aromatic N) is 2. The second kappa shape index (κ2) is 4.94. The molecule has 1 amide bonds. The molecule has 0 fully saturated rings. The highest BCUT2D eigenvalue weighted by Gasteiger charge is 2.21. The third-order valence-electron chi connectivity index (χ3n) is 2.88. The fourth-order valence-electron chi connectivity index (χ4n) is 1.98. The predicted molar refractivity (Wildman–Crippen MR) is 68.0 cm³/mol. The van der Waals surface area contributed by atoms with Gasteiger partial charge in [-0.3, -0.25) is 4.79 Å². The summed E-state index contributed by atoms with van der Waals surface area (Å²) in [6.07, 6.45) is 0. The van der Waals surface area contributed by atoms with E-state index in [2.05, 4.69) is 10.3 Å². The summed E-state index contributed by atoms with van der Waals surface area (Å²) in [6, 6.07) is 4.16. The van der Waals surface area contributed by atoms with Crippen LogP contribution in [0.25, 0.3) is 11.0 Å². The molecule has 96 valence electrons. The van der Waals surface area contributed by atoms with Gasteiger partial charge in [-0.2, -0.15) is 0 Å². The Kier molecular flexibility index (Phi) is 3.52. The summed E-state index contributed by atoms with van der Waals surface area (Å²) in [7, 11) is 1.55. The zero-order valence-electron chi connectivity index (χ0n) is 10.1. The fraction of sp³-hybridized carbons (Fsp3) is 0.333. The minimum Gasteiger partial charge on any atom is -0.357 e. The van der Waals surface area contributed by atoms with Crippen molar-refractivity contribution >= 4 is 28.5 Å². The van der Waals surface area contributed by atoms with Gasteiger partial charge in [0, 0.05) is 7.05 Å². The van der Waals surface area contributed by atoms with Crippen LogP contribution in [-0.2, 0) is 10.7 Å². The summed E-state index contributed by atoms with van der Waals surface area (Å²) < 4.78 is 15.3. The minimum absolute atomic E-state index is 0.120. The van der Waals surface area contributed by atoms with Crippen LogP contribution in [0.1, 0.15) is 18.8 Å². The smallest absolute Gasteiger partial charge is 0.242 e. The highest BCUT2D eigenvalue weighted by Crippen LogP contribution is 2.24. The van der Waals surface area contributed by atoms with E-state index in [0.717, 1.165) is 0 Å². The number of alkyl halides is 1. The van der Waals surface area contributed by atoms with Gasteiger partial charge in [-0.25, -0.2) is 9.37 Å². The Labute approximate surface area is 109 Å². The number of halogens is 2. The van der Waals surface area contributed by atoms with E-state index >= 15 is 0 Å². The number of nitrogens with one attached hydrogen (secondary N) is 1. The van der Waals surface area contributed by atoms with E-state index in [1.807, 2.05) is 0 Å². The van der Waals surface area contributed by atoms with Crippen LogP contribution >= 0.6 is 11.6 Å². The minimum atomic E-state index is -0.490. The van der Waals surface area contributed by atoms with E-state index < -0.39 is 11.9 Å². The molecule has 0 saturated carbocycles. The number of hydrogen-bond donors (Lipinski definition) is 1. The van der Waals surface area contributed by atoms with Crippen molar-refractivity contribution in [1.29, 1.82) is 0 Å². The van der Waals surface area contributed by atoms with Gasteiger partial charge in [0.2, 0.25) is 5.91 Å². The van der Waals surface area contributed by atoms with Crippen molar-refractivity contribution in [2.24, 2.45) is 0 Å². The number of amides is 1. The quantitative estimate of drug-likeness (QED) is 0.869. The fourth-order valence-corrected chi connectivity index (χ4v) is 2.17. The van der Waals surface area contributed by atoms with Gasteiger partial charge in [-0.05, 0) is 19.1 Å². The lowest BCUT2D eigenvalue weighted by Crippen LogP contribution is -2.28. The van der Waals surface area contributed by atoms with Crippen molar-refractivity contribution < 1.29 is 9.18 Å². The Bertz CT molecular complexity index is 596. The van der Waals surface area contributed by atoms with Crippen LogP contribution in [0.4, 0.5) is 4.39 Å². The number of para-hydroxylation sites is 1. The molecule has 1 aromatic carbocycles. The largest absolute Gasteiger partial charge is 0.357 e. The summed E-state index contributed by atoms with van der Waals surface area (Å²) in [6.45, 7) is 1.72. The number of likely N-dealkylation sites (N-methyl/N-ethyl adjacent to an activating group) is 1. The first-order valence-corrected chi connectivity index (χ1v) is 6.06. The lowest BCUT2D eigenvalue weighted by atomic mass is 10.2. The van der Waals surface area contributed by atoms with Gasteiger partial charge in [0.25, 0.3) is 0 Å². The Morgan fingerprint density at radius 2 is 2.33 bits per heavy atom. The molecule has 0 saturated heterocycles. The van der Waals surface area contributed by atoms with Crippen LogP contribution in [-0.4, -0.2) is 22.5 Å². The van der Waals surface area contributed by atoms with Crippen LogP contribution in [0.15, 0.2) is 18.2 Å². The van der Waals surface area contributed by atoms with Crippen molar-refractivity contribution in [3.8, 4) is 0 Å². The molecule has 2 rings (SSSR count). The highest BCUT2D eigenvalue weighted by atomic mass is 35.5. The molecule has 1 N–H and O–H groups in total. The van der Waals surface area contributed by atoms with Gasteiger partial charge in [0.05, 0.1) is 11.4 Å². The molecule has 1 atom stereocenters. The van der Waals surface area contributed by atoms with Crippen LogP contribution in [0.2, 0.25) is 0 Å². The van der Waals surface area contributed by atoms with E-state index in [4.69, 9.17) is 11.6 Å². The molecular weight excluding hydrogens is 257 g/mol. The number of hydrogen-bond acceptors (Lipinski definition) is 2. The van der Waals surface area contributed by atoms with Crippen molar-refractivity contribution in [2.75, 3.05) is 7.05 Å². The summed E-state index contributed by atoms with van der Waals surface area (Å²) in [5.74, 6) is 0.00893. The van der Waals surface area contributed by atoms with Crippen molar-refractivity contribution in [3.05, 3.63) is 29.8 Å². The van der Waals surface area contributed by atoms with Crippen molar-refractivity contribution in [3.63, 3.8) is 0 Å². The van der Waals surface area contributed by atoms with E-state index in [1.165, 1.54) is 6.07 Å². The number of imidazole rings is 1. The molecule has 1 heterocycles. The maximum Gasteiger partial charge on any atom is 0.242 e. The van der Waals surface area contributed by atoms with Crippen LogP contribution in [0.5, 0.6) is 0 Å². The third-order valence-corrected chi connectivity index (χ3v) is 3.12. The third kappa shape index (κ3) is 1.95. The van der Waals surface area contributed by atoms with E-state index in [1.54, 1.807) is 30.7 Å². The lowest BCUT2D eigenvalue weighted by molar-refractivity contribution is -0.123. The Morgan fingerprint density at radius 3 is 2.94 bits per heavy atom. The molecule has 0 aliphatic carbocycles. The second-order valence-electron chi connectivity index (χ2n) is 3.93. The molecule has 0 spiro atoms. The summed E-state index contributed by atoms with van der Waals surface area (Å²) in [4.78, 5) is 15.9. The average molecular weight is 270 g/mol. The SMILES string of the molecule is CNC(=O)C(C)n1c(CCl)nc2c(F)cccc21. The van der Waals surface area contributed by atoms with Gasteiger partial charge >= 0.3 is 0 Å². The summed E-state index contributed by atoms with van der Waals surface area (Å²) in [5, 5.41) is 2.56. The molecule has 0 aliphatic rings. The van der Waals surface area contributed by atoms with Crippen molar-refractivity contribution in [2.45, 2.75) is 18.8 Å². The molecule has 2 aromatic rings. The number of carbonyl (C=O) groups excluding carboxylic acids is 1. The van der Waals surface area contributed by atoms with Gasteiger partial charge in [0.15, 0.2) is 5.82 Å². The van der Waals surface area contributed by atoms with Gasteiger partial charge in [-0.15, -0.1) is 11.6 Å². The van der Waals surface area contributed by atoms with Gasteiger partial charge < -0.3 is 9.88 Å². The first kappa shape index (κ1) is 12.8. The molecule has 6 heteroatoms. The van der Waals surface area contributed by atoms with Crippen LogP contribution in [0, 0.1) is 5.82 Å². The summed E-state index contributed by atoms with van der Waals surface area (Å²) >= 11 is 5.81. The standard InChI is InChI=1S/C12H13ClFN3O/c1-7(12(18)15-2)17-9-5-3-4-8(14)11(9)16-10(17)6-13/h3-5,7H,6H2,1-2H3,(H,15,18). The highest BCUT2D eigenvalue weighted by molar-refractivity contribution is 6.17. The monoisotopic (exact) mass is 269 g/mol. The van der Waals surface area contributed by atoms with Gasteiger partial charge in [-0.1, -0.05) is 6.07 Å². The van der Waals surface area contributed by atoms with Crippen molar-refractivity contribution in [1.82, 2.24) is 14.9 Å². The average Bonchev–Trinajstić information content (AvgIpc) is 2.76. The van der Waals surface area contributed by atoms with Crippen LogP contribution in [0.3, 0.4) is 0 Å². The molecular formula is C12H13ClFN3O. The number of rotatable bonds is 3. The number of aromatic nitrogens is 2. The normalized spacial score (nSPS) is 12.7. The Hall–Kier alpha value is -1.62. The molecule has 0 radical (unpaired) electrons. The number of fused-ring (bicyclic) bond motifs is 1. The first-order chi connectivity index (χ1) is 8.60. The Morgan fingerprint density at radius 1 is 1.61 bits per heavy atom. The van der Waals surface area contributed by atoms with E-state index in [-0.39, 0.29) is 17.3 Å². The maximum absolute atomic E-state index is 13.6. The number of carbonyl (C=O) groups is 1. The predicted octanol–water partition coefficient (Wildman–Crippen LogP) is 2.22. The van der Waals surface area contributed by atoms with E-state index in [9.17, 15) is 9.18 Å². The first-order valence-electron chi connectivity index (χ1n) is 5.53. The maximum atomic E-state index is 13.6. The molecule has 0 aliphatic heterocycles. The second-order valence-corrected chi connectivity index (χ2v) is 4.20. The molecule has 18 heavy (non-hydrogen) atoms. The molecule has 1 aromatic heterocycles. The molecule has 4 nitrogen and oxygen atoms in total. The van der Waals surface area contributed by atoms with E-state index in [0.29, 0.717) is 11.3 Å². The Balaban J connectivity index is 2.68. The zero-order chi connectivity index (χ0) is 13.3. The lowest BCUT2D eigenvalue weighted by Gasteiger charge is -2.15. The topological polar surface area (TPSA) is 46.9 Å². The number of benzene rings is 1. The molecule has 0 bridgehead atoms. The zero-order valence-corrected chi connectivity index (χ0v) is 10.8. The van der Waals surface area contributed by atoms with Crippen LogP contribution < -0.4 is 5.32 Å². The summed E-state index contributed by atoms with van der Waals surface area (Å²) in [5.41, 5.74) is 0.811. The van der Waals surface area contributed by atoms with Gasteiger partial charge in [0.1, 0.15) is 17.4 Å².